The van der Waals surface area contributed by atoms with E-state index in [2.05, 4.69) is 10.4 Å². The quantitative estimate of drug-likeness (QED) is 0.782. The lowest BCUT2D eigenvalue weighted by atomic mass is 10.1. The van der Waals surface area contributed by atoms with Crippen LogP contribution in [0.2, 0.25) is 5.02 Å². The van der Waals surface area contributed by atoms with E-state index in [1.54, 1.807) is 7.11 Å². The van der Waals surface area contributed by atoms with E-state index in [4.69, 9.17) is 21.4 Å². The summed E-state index contributed by atoms with van der Waals surface area (Å²) in [5, 5.41) is 16.0. The Hall–Kier alpha value is -1.11. The van der Waals surface area contributed by atoms with Gasteiger partial charge in [0.25, 0.3) is 5.56 Å². The fraction of sp³-hybridized carbons (Fsp3) is 0.667. The molecule has 0 bridgehead atoms. The van der Waals surface area contributed by atoms with Crippen molar-refractivity contribution in [1.82, 2.24) is 9.78 Å². The maximum atomic E-state index is 11.9. The van der Waals surface area contributed by atoms with Gasteiger partial charge in [-0.25, -0.2) is 4.68 Å². The number of ether oxygens (including phenoxy) is 1. The van der Waals surface area contributed by atoms with Crippen LogP contribution in [-0.2, 0) is 11.3 Å². The number of halogens is 1. The minimum Gasteiger partial charge on any atom is -0.394 e. The fourth-order valence-corrected chi connectivity index (χ4v) is 1.80. The van der Waals surface area contributed by atoms with Crippen molar-refractivity contribution >= 4 is 17.3 Å². The first-order chi connectivity index (χ1) is 9.01. The summed E-state index contributed by atoms with van der Waals surface area (Å²) < 4.78 is 6.26. The zero-order valence-corrected chi connectivity index (χ0v) is 12.1. The lowest BCUT2D eigenvalue weighted by Crippen LogP contribution is -2.32. The third-order valence-electron chi connectivity index (χ3n) is 2.79. The standard InChI is InChI=1S/C12H20ClN3O3/c1-8(2)10(7-19-3)15-9-6-14-16(4-5-17)12(18)11(9)13/h6,8,10,15,17H,4-5,7H2,1-3H3. The Balaban J connectivity index is 2.95. The second-order valence-corrected chi connectivity index (χ2v) is 4.95. The molecule has 1 unspecified atom stereocenters. The van der Waals surface area contributed by atoms with Crippen LogP contribution in [0.15, 0.2) is 11.0 Å². The van der Waals surface area contributed by atoms with Crippen molar-refractivity contribution in [3.8, 4) is 0 Å². The van der Waals surface area contributed by atoms with Gasteiger partial charge in [0, 0.05) is 7.11 Å². The largest absolute Gasteiger partial charge is 0.394 e. The summed E-state index contributed by atoms with van der Waals surface area (Å²) in [7, 11) is 1.62. The Morgan fingerprint density at radius 2 is 2.26 bits per heavy atom. The van der Waals surface area contributed by atoms with Crippen LogP contribution < -0.4 is 10.9 Å². The molecule has 1 aromatic heterocycles. The highest BCUT2D eigenvalue weighted by molar-refractivity contribution is 6.32. The third-order valence-corrected chi connectivity index (χ3v) is 3.15. The molecule has 0 aliphatic carbocycles. The molecule has 2 N–H and O–H groups in total. The van der Waals surface area contributed by atoms with Crippen LogP contribution in [0, 0.1) is 5.92 Å². The summed E-state index contributed by atoms with van der Waals surface area (Å²) in [6.07, 6.45) is 1.49. The summed E-state index contributed by atoms with van der Waals surface area (Å²) in [6, 6.07) is 0.0393. The van der Waals surface area contributed by atoms with E-state index in [0.29, 0.717) is 18.2 Å². The second-order valence-electron chi connectivity index (χ2n) is 4.57. The number of aliphatic hydroxyl groups is 1. The molecule has 0 spiro atoms. The number of rotatable bonds is 7. The zero-order chi connectivity index (χ0) is 14.4. The first kappa shape index (κ1) is 15.9. The number of nitrogens with one attached hydrogen (secondary N) is 1. The maximum Gasteiger partial charge on any atom is 0.287 e. The topological polar surface area (TPSA) is 76.4 Å². The molecule has 6 nitrogen and oxygen atoms in total. The lowest BCUT2D eigenvalue weighted by molar-refractivity contribution is 0.171. The monoisotopic (exact) mass is 289 g/mol. The second kappa shape index (κ2) is 7.47. The van der Waals surface area contributed by atoms with E-state index in [1.807, 2.05) is 13.8 Å². The van der Waals surface area contributed by atoms with Gasteiger partial charge in [0.2, 0.25) is 0 Å². The normalized spacial score (nSPS) is 12.7. The van der Waals surface area contributed by atoms with Crippen molar-refractivity contribution in [2.75, 3.05) is 25.6 Å². The van der Waals surface area contributed by atoms with Crippen molar-refractivity contribution in [3.05, 3.63) is 21.6 Å². The number of aromatic nitrogens is 2. The van der Waals surface area contributed by atoms with Gasteiger partial charge < -0.3 is 15.2 Å². The molecular weight excluding hydrogens is 270 g/mol. The van der Waals surface area contributed by atoms with Crippen LogP contribution in [0.1, 0.15) is 13.8 Å². The minimum atomic E-state index is -0.416. The molecule has 0 fully saturated rings. The summed E-state index contributed by atoms with van der Waals surface area (Å²) >= 11 is 6.02. The predicted octanol–water partition coefficient (Wildman–Crippen LogP) is 0.972. The Labute approximate surface area is 117 Å². The van der Waals surface area contributed by atoms with Crippen molar-refractivity contribution in [2.45, 2.75) is 26.4 Å². The van der Waals surface area contributed by atoms with Gasteiger partial charge in [-0.05, 0) is 5.92 Å². The van der Waals surface area contributed by atoms with Crippen molar-refractivity contribution in [2.24, 2.45) is 5.92 Å². The molecule has 1 rings (SSSR count). The van der Waals surface area contributed by atoms with Crippen LogP contribution >= 0.6 is 11.6 Å². The number of anilines is 1. The molecule has 1 aromatic rings. The van der Waals surface area contributed by atoms with Gasteiger partial charge in [-0.1, -0.05) is 25.4 Å². The van der Waals surface area contributed by atoms with Gasteiger partial charge in [0.1, 0.15) is 5.02 Å². The van der Waals surface area contributed by atoms with Gasteiger partial charge in [0.15, 0.2) is 0 Å². The van der Waals surface area contributed by atoms with E-state index in [0.717, 1.165) is 4.68 Å². The molecule has 0 aromatic carbocycles. The highest BCUT2D eigenvalue weighted by atomic mass is 35.5. The van der Waals surface area contributed by atoms with Crippen molar-refractivity contribution in [3.63, 3.8) is 0 Å². The van der Waals surface area contributed by atoms with Crippen LogP contribution in [0.25, 0.3) is 0 Å². The maximum absolute atomic E-state index is 11.9. The van der Waals surface area contributed by atoms with Crippen LogP contribution in [0.5, 0.6) is 0 Å². The van der Waals surface area contributed by atoms with Gasteiger partial charge in [-0.15, -0.1) is 0 Å². The van der Waals surface area contributed by atoms with E-state index in [1.165, 1.54) is 6.20 Å². The number of hydrogen-bond acceptors (Lipinski definition) is 5. The molecule has 0 amide bonds. The summed E-state index contributed by atoms with van der Waals surface area (Å²) in [4.78, 5) is 11.9. The molecule has 0 saturated carbocycles. The average molecular weight is 290 g/mol. The van der Waals surface area contributed by atoms with Crippen LogP contribution in [0.4, 0.5) is 5.69 Å². The van der Waals surface area contributed by atoms with E-state index in [9.17, 15) is 4.79 Å². The smallest absolute Gasteiger partial charge is 0.287 e. The highest BCUT2D eigenvalue weighted by Crippen LogP contribution is 2.18. The van der Waals surface area contributed by atoms with Crippen molar-refractivity contribution < 1.29 is 9.84 Å². The molecule has 1 heterocycles. The molecule has 1 atom stereocenters. The van der Waals surface area contributed by atoms with Gasteiger partial charge in [-0.2, -0.15) is 5.10 Å². The van der Waals surface area contributed by atoms with Gasteiger partial charge in [0.05, 0.1) is 37.7 Å². The molecule has 108 valence electrons. The molecule has 7 heteroatoms. The summed E-state index contributed by atoms with van der Waals surface area (Å²) in [5.74, 6) is 0.316. The SMILES string of the molecule is COCC(Nc1cnn(CCO)c(=O)c1Cl)C(C)C. The van der Waals surface area contributed by atoms with Gasteiger partial charge >= 0.3 is 0 Å². The summed E-state index contributed by atoms with van der Waals surface area (Å²) in [6.45, 7) is 4.57. The van der Waals surface area contributed by atoms with Gasteiger partial charge in [-0.3, -0.25) is 4.79 Å². The molecule has 19 heavy (non-hydrogen) atoms. The number of hydrogen-bond donors (Lipinski definition) is 2. The van der Waals surface area contributed by atoms with E-state index in [-0.39, 0.29) is 24.2 Å². The first-order valence-corrected chi connectivity index (χ1v) is 6.51. The zero-order valence-electron chi connectivity index (χ0n) is 11.4. The Morgan fingerprint density at radius 3 is 2.79 bits per heavy atom. The van der Waals surface area contributed by atoms with E-state index >= 15 is 0 Å². The average Bonchev–Trinajstić information content (AvgIpc) is 2.37. The Morgan fingerprint density at radius 1 is 1.58 bits per heavy atom. The molecule has 0 aliphatic rings. The molecule has 0 aliphatic heterocycles. The third kappa shape index (κ3) is 4.19. The Kier molecular flexibility index (Phi) is 6.27. The molecular formula is C12H20ClN3O3. The summed E-state index contributed by atoms with van der Waals surface area (Å²) in [5.41, 5.74) is 0.0669. The van der Waals surface area contributed by atoms with Crippen LogP contribution in [0.3, 0.4) is 0 Å². The molecule has 0 radical (unpaired) electrons. The number of methoxy groups -OCH3 is 1. The minimum absolute atomic E-state index is 0.0393. The Bertz CT molecular complexity index is 462. The van der Waals surface area contributed by atoms with Crippen molar-refractivity contribution in [1.29, 1.82) is 0 Å². The number of nitrogens with zero attached hydrogens (tertiary/aromatic N) is 2. The lowest BCUT2D eigenvalue weighted by Gasteiger charge is -2.23. The number of aliphatic hydroxyl groups excluding tert-OH is 1. The fourth-order valence-electron chi connectivity index (χ4n) is 1.60. The first-order valence-electron chi connectivity index (χ1n) is 6.13. The molecule has 0 saturated heterocycles. The predicted molar refractivity (Wildman–Crippen MR) is 74.7 cm³/mol. The van der Waals surface area contributed by atoms with Crippen LogP contribution in [-0.4, -0.2) is 41.3 Å². The highest BCUT2D eigenvalue weighted by Gasteiger charge is 2.16. The van der Waals surface area contributed by atoms with E-state index < -0.39 is 5.56 Å².